The van der Waals surface area contributed by atoms with Crippen LogP contribution in [0, 0.1) is 0 Å². The van der Waals surface area contributed by atoms with E-state index in [0.29, 0.717) is 4.90 Å². The molecule has 3 heteroatoms. The monoisotopic (exact) mass is 222 g/mol. The Morgan fingerprint density at radius 1 is 1.27 bits per heavy atom. The summed E-state index contributed by atoms with van der Waals surface area (Å²) in [6.45, 7) is 5.16. The molecule has 0 spiro atoms. The van der Waals surface area contributed by atoms with Crippen LogP contribution in [0.15, 0.2) is 60.0 Å². The third kappa shape index (κ3) is 2.80. The van der Waals surface area contributed by atoms with Gasteiger partial charge in [-0.05, 0) is 19.1 Å². The number of benzene rings is 1. The molecule has 0 amide bonds. The average Bonchev–Trinajstić information content (AvgIpc) is 2.27. The number of sulfone groups is 1. The van der Waals surface area contributed by atoms with Gasteiger partial charge < -0.3 is 0 Å². The minimum absolute atomic E-state index is 0.353. The van der Waals surface area contributed by atoms with Gasteiger partial charge in [0.2, 0.25) is 0 Å². The van der Waals surface area contributed by atoms with E-state index in [2.05, 4.69) is 6.58 Å². The molecule has 2 nitrogen and oxygen atoms in total. The van der Waals surface area contributed by atoms with Gasteiger partial charge in [-0.25, -0.2) is 8.42 Å². The maximum absolute atomic E-state index is 12.0. The van der Waals surface area contributed by atoms with Crippen LogP contribution in [0.4, 0.5) is 0 Å². The quantitative estimate of drug-likeness (QED) is 0.734. The fourth-order valence-corrected chi connectivity index (χ4v) is 2.43. The molecule has 0 aliphatic heterocycles. The Morgan fingerprint density at radius 2 is 1.87 bits per heavy atom. The molecule has 1 atom stereocenters. The second-order valence-corrected chi connectivity index (χ2v) is 5.49. The Kier molecular flexibility index (Phi) is 3.86. The van der Waals surface area contributed by atoms with E-state index < -0.39 is 15.1 Å². The summed E-state index contributed by atoms with van der Waals surface area (Å²) in [4.78, 5) is 0.353. The second-order valence-electron chi connectivity index (χ2n) is 3.18. The summed E-state index contributed by atoms with van der Waals surface area (Å²) >= 11 is 0. The molecule has 1 aromatic rings. The first-order valence-corrected chi connectivity index (χ1v) is 6.22. The minimum Gasteiger partial charge on any atom is -0.223 e. The van der Waals surface area contributed by atoms with Crippen LogP contribution in [0.5, 0.6) is 0 Å². The molecule has 1 unspecified atom stereocenters. The normalized spacial score (nSPS) is 13.9. The lowest BCUT2D eigenvalue weighted by molar-refractivity contribution is 0.591. The van der Waals surface area contributed by atoms with Crippen LogP contribution in [0.2, 0.25) is 0 Å². The molecule has 0 bridgehead atoms. The zero-order valence-corrected chi connectivity index (χ0v) is 9.44. The van der Waals surface area contributed by atoms with Crippen molar-refractivity contribution >= 4 is 9.84 Å². The zero-order chi connectivity index (χ0) is 11.3. The highest BCUT2D eigenvalue weighted by Gasteiger charge is 2.19. The molecule has 0 aliphatic rings. The van der Waals surface area contributed by atoms with Crippen molar-refractivity contribution in [3.8, 4) is 0 Å². The molecular formula is C12H14O2S. The van der Waals surface area contributed by atoms with Gasteiger partial charge in [0.15, 0.2) is 9.84 Å². The molecular weight excluding hydrogens is 208 g/mol. The molecule has 0 aromatic heterocycles. The number of hydrogen-bond acceptors (Lipinski definition) is 2. The largest absolute Gasteiger partial charge is 0.223 e. The van der Waals surface area contributed by atoms with Crippen LogP contribution in [0.1, 0.15) is 6.92 Å². The zero-order valence-electron chi connectivity index (χ0n) is 8.63. The van der Waals surface area contributed by atoms with E-state index in [4.69, 9.17) is 0 Å². The van der Waals surface area contributed by atoms with Crippen molar-refractivity contribution in [1.29, 1.82) is 0 Å². The highest BCUT2D eigenvalue weighted by Crippen LogP contribution is 2.16. The van der Waals surface area contributed by atoms with Crippen LogP contribution in [-0.2, 0) is 9.84 Å². The lowest BCUT2D eigenvalue weighted by Crippen LogP contribution is -2.15. The van der Waals surface area contributed by atoms with Crippen molar-refractivity contribution in [3.05, 3.63) is 55.1 Å². The Balaban J connectivity index is 3.04. The van der Waals surface area contributed by atoms with Gasteiger partial charge in [0, 0.05) is 0 Å². The molecule has 0 radical (unpaired) electrons. The maximum Gasteiger partial charge on any atom is 0.184 e. The van der Waals surface area contributed by atoms with E-state index in [-0.39, 0.29) is 0 Å². The molecule has 80 valence electrons. The van der Waals surface area contributed by atoms with Gasteiger partial charge in [-0.1, -0.05) is 43.0 Å². The van der Waals surface area contributed by atoms with Gasteiger partial charge in [0.1, 0.15) is 0 Å². The smallest absolute Gasteiger partial charge is 0.184 e. The fraction of sp³-hybridized carbons (Fsp3) is 0.167. The molecule has 0 N–H and O–H groups in total. The predicted molar refractivity (Wildman–Crippen MR) is 62.4 cm³/mol. The Labute approximate surface area is 90.9 Å². The van der Waals surface area contributed by atoms with Gasteiger partial charge in [0.25, 0.3) is 0 Å². The Morgan fingerprint density at radius 3 is 2.40 bits per heavy atom. The van der Waals surface area contributed by atoms with E-state index in [1.54, 1.807) is 55.5 Å². The van der Waals surface area contributed by atoms with E-state index in [9.17, 15) is 8.42 Å². The lowest BCUT2D eigenvalue weighted by atomic mass is 10.4. The van der Waals surface area contributed by atoms with Crippen molar-refractivity contribution in [2.45, 2.75) is 17.1 Å². The first kappa shape index (κ1) is 11.7. The Hall–Kier alpha value is -1.35. The van der Waals surface area contributed by atoms with Gasteiger partial charge in [-0.2, -0.15) is 0 Å². The maximum atomic E-state index is 12.0. The van der Waals surface area contributed by atoms with Gasteiger partial charge >= 0.3 is 0 Å². The van der Waals surface area contributed by atoms with Gasteiger partial charge in [0.05, 0.1) is 10.1 Å². The average molecular weight is 222 g/mol. The first-order chi connectivity index (χ1) is 7.09. The van der Waals surface area contributed by atoms with Crippen molar-refractivity contribution in [3.63, 3.8) is 0 Å². The molecule has 15 heavy (non-hydrogen) atoms. The van der Waals surface area contributed by atoms with Crippen molar-refractivity contribution in [1.82, 2.24) is 0 Å². The van der Waals surface area contributed by atoms with Crippen molar-refractivity contribution < 1.29 is 8.42 Å². The van der Waals surface area contributed by atoms with E-state index in [1.165, 1.54) is 0 Å². The molecule has 1 rings (SSSR count). The molecule has 0 heterocycles. The minimum atomic E-state index is -3.25. The fourth-order valence-electron chi connectivity index (χ4n) is 1.16. The summed E-state index contributed by atoms with van der Waals surface area (Å²) in [5.41, 5.74) is 0. The summed E-state index contributed by atoms with van der Waals surface area (Å²) < 4.78 is 23.9. The summed E-state index contributed by atoms with van der Waals surface area (Å²) in [7, 11) is -3.25. The SMILES string of the molecule is C=CC=CC(C)S(=O)(=O)c1ccccc1. The number of rotatable bonds is 4. The van der Waals surface area contributed by atoms with E-state index in [1.807, 2.05) is 0 Å². The predicted octanol–water partition coefficient (Wildman–Crippen LogP) is 2.59. The summed E-state index contributed by atoms with van der Waals surface area (Å²) in [5, 5.41) is -0.530. The van der Waals surface area contributed by atoms with Crippen molar-refractivity contribution in [2.75, 3.05) is 0 Å². The van der Waals surface area contributed by atoms with Gasteiger partial charge in [-0.15, -0.1) is 0 Å². The topological polar surface area (TPSA) is 34.1 Å². The van der Waals surface area contributed by atoms with E-state index >= 15 is 0 Å². The first-order valence-electron chi connectivity index (χ1n) is 4.67. The molecule has 0 fully saturated rings. The molecule has 0 saturated heterocycles. The molecule has 1 aromatic carbocycles. The molecule has 0 saturated carbocycles. The molecule has 0 aliphatic carbocycles. The summed E-state index contributed by atoms with van der Waals surface area (Å²) in [5.74, 6) is 0. The number of allylic oxidation sites excluding steroid dienone is 2. The lowest BCUT2D eigenvalue weighted by Gasteiger charge is -2.08. The van der Waals surface area contributed by atoms with Crippen LogP contribution in [0.25, 0.3) is 0 Å². The second kappa shape index (κ2) is 4.94. The summed E-state index contributed by atoms with van der Waals surface area (Å²) in [6.07, 6.45) is 4.83. The Bertz CT molecular complexity index is 444. The summed E-state index contributed by atoms with van der Waals surface area (Å²) in [6, 6.07) is 8.44. The van der Waals surface area contributed by atoms with Crippen LogP contribution < -0.4 is 0 Å². The van der Waals surface area contributed by atoms with Crippen LogP contribution >= 0.6 is 0 Å². The van der Waals surface area contributed by atoms with Crippen LogP contribution in [-0.4, -0.2) is 13.7 Å². The van der Waals surface area contributed by atoms with E-state index in [0.717, 1.165) is 0 Å². The highest BCUT2D eigenvalue weighted by atomic mass is 32.2. The third-order valence-electron chi connectivity index (χ3n) is 2.08. The highest BCUT2D eigenvalue weighted by molar-refractivity contribution is 7.92. The number of hydrogen-bond donors (Lipinski definition) is 0. The van der Waals surface area contributed by atoms with Crippen molar-refractivity contribution in [2.24, 2.45) is 0 Å². The van der Waals surface area contributed by atoms with Crippen LogP contribution in [0.3, 0.4) is 0 Å². The third-order valence-corrected chi connectivity index (χ3v) is 4.14. The standard InChI is InChI=1S/C12H14O2S/c1-3-4-8-11(2)15(13,14)12-9-6-5-7-10-12/h3-11H,1H2,2H3. The van der Waals surface area contributed by atoms with Gasteiger partial charge in [-0.3, -0.25) is 0 Å².